The second-order valence-electron chi connectivity index (χ2n) is 5.49. The molecule has 1 saturated carbocycles. The van der Waals surface area contributed by atoms with Crippen molar-refractivity contribution in [3.05, 3.63) is 35.4 Å². The number of hydrogen-bond acceptors (Lipinski definition) is 1. The highest BCUT2D eigenvalue weighted by molar-refractivity contribution is 5.21. The monoisotopic (exact) mass is 239 g/mol. The van der Waals surface area contributed by atoms with Crippen molar-refractivity contribution >= 4 is 0 Å². The van der Waals surface area contributed by atoms with E-state index in [-0.39, 0.29) is 5.41 Å². The van der Waals surface area contributed by atoms with Gasteiger partial charge in [-0.1, -0.05) is 13.8 Å². The van der Waals surface area contributed by atoms with E-state index in [9.17, 15) is 8.78 Å². The third-order valence-corrected chi connectivity index (χ3v) is 3.34. The number of rotatable bonds is 5. The molecule has 0 aromatic heterocycles. The highest BCUT2D eigenvalue weighted by atomic mass is 19.1. The summed E-state index contributed by atoms with van der Waals surface area (Å²) in [6.45, 7) is 5.15. The van der Waals surface area contributed by atoms with Crippen molar-refractivity contribution in [3.63, 3.8) is 0 Å². The van der Waals surface area contributed by atoms with Crippen molar-refractivity contribution < 1.29 is 8.78 Å². The third kappa shape index (κ3) is 3.50. The Hall–Kier alpha value is -0.960. The van der Waals surface area contributed by atoms with Crippen molar-refractivity contribution in [2.45, 2.75) is 39.2 Å². The standard InChI is InChI=1S/C14H19F2N/c1-10(2)17-9-14(3-4-14)8-11-5-12(15)7-13(16)6-11/h5-7,10,17H,3-4,8-9H2,1-2H3. The summed E-state index contributed by atoms with van der Waals surface area (Å²) in [7, 11) is 0. The van der Waals surface area contributed by atoms with Crippen LogP contribution in [0.25, 0.3) is 0 Å². The maximum atomic E-state index is 13.1. The van der Waals surface area contributed by atoms with Crippen LogP contribution in [0, 0.1) is 17.0 Å². The first kappa shape index (κ1) is 12.5. The smallest absolute Gasteiger partial charge is 0.126 e. The van der Waals surface area contributed by atoms with Gasteiger partial charge in [-0.15, -0.1) is 0 Å². The van der Waals surface area contributed by atoms with E-state index in [2.05, 4.69) is 19.2 Å². The number of nitrogens with one attached hydrogen (secondary N) is 1. The average Bonchev–Trinajstić information content (AvgIpc) is 2.94. The molecule has 17 heavy (non-hydrogen) atoms. The van der Waals surface area contributed by atoms with E-state index in [1.54, 1.807) is 0 Å². The maximum absolute atomic E-state index is 13.1. The first-order valence-corrected chi connectivity index (χ1v) is 6.17. The van der Waals surface area contributed by atoms with Crippen LogP contribution in [0.1, 0.15) is 32.3 Å². The molecule has 0 unspecified atom stereocenters. The molecular weight excluding hydrogens is 220 g/mol. The van der Waals surface area contributed by atoms with Gasteiger partial charge in [-0.2, -0.15) is 0 Å². The summed E-state index contributed by atoms with van der Waals surface area (Å²) in [6.07, 6.45) is 3.05. The lowest BCUT2D eigenvalue weighted by Crippen LogP contribution is -2.31. The second kappa shape index (κ2) is 4.73. The van der Waals surface area contributed by atoms with Crippen LogP contribution in [-0.4, -0.2) is 12.6 Å². The van der Waals surface area contributed by atoms with Gasteiger partial charge in [0.2, 0.25) is 0 Å². The summed E-state index contributed by atoms with van der Waals surface area (Å²) in [5.41, 5.74) is 0.996. The van der Waals surface area contributed by atoms with E-state index in [1.807, 2.05) is 0 Å². The Bertz CT molecular complexity index is 377. The molecule has 0 heterocycles. The van der Waals surface area contributed by atoms with E-state index in [1.165, 1.54) is 12.1 Å². The van der Waals surface area contributed by atoms with Crippen LogP contribution < -0.4 is 5.32 Å². The molecule has 0 bridgehead atoms. The summed E-state index contributed by atoms with van der Waals surface area (Å²) in [4.78, 5) is 0. The SMILES string of the molecule is CC(C)NCC1(Cc2cc(F)cc(F)c2)CC1. The summed E-state index contributed by atoms with van der Waals surface area (Å²) < 4.78 is 26.2. The van der Waals surface area contributed by atoms with Gasteiger partial charge in [0, 0.05) is 18.7 Å². The molecule has 3 heteroatoms. The molecule has 0 atom stereocenters. The molecule has 0 radical (unpaired) electrons. The normalized spacial score (nSPS) is 17.5. The van der Waals surface area contributed by atoms with Crippen molar-refractivity contribution in [1.82, 2.24) is 5.32 Å². The van der Waals surface area contributed by atoms with Crippen molar-refractivity contribution in [1.29, 1.82) is 0 Å². The van der Waals surface area contributed by atoms with Crippen LogP contribution >= 0.6 is 0 Å². The molecule has 1 aromatic carbocycles. The number of halogens is 2. The Morgan fingerprint density at radius 1 is 1.18 bits per heavy atom. The molecule has 0 saturated heterocycles. The minimum absolute atomic E-state index is 0.227. The molecule has 0 aliphatic heterocycles. The Morgan fingerprint density at radius 2 is 1.76 bits per heavy atom. The Balaban J connectivity index is 2.00. The topological polar surface area (TPSA) is 12.0 Å². The predicted molar refractivity (Wildman–Crippen MR) is 64.9 cm³/mol. The summed E-state index contributed by atoms with van der Waals surface area (Å²) in [6, 6.07) is 4.27. The van der Waals surface area contributed by atoms with Gasteiger partial charge in [0.15, 0.2) is 0 Å². The van der Waals surface area contributed by atoms with Gasteiger partial charge in [0.1, 0.15) is 11.6 Å². The van der Waals surface area contributed by atoms with Gasteiger partial charge in [-0.05, 0) is 42.4 Å². The van der Waals surface area contributed by atoms with Gasteiger partial charge >= 0.3 is 0 Å². The molecular formula is C14H19F2N. The average molecular weight is 239 g/mol. The van der Waals surface area contributed by atoms with Gasteiger partial charge in [-0.25, -0.2) is 8.78 Å². The fraction of sp³-hybridized carbons (Fsp3) is 0.571. The molecule has 1 aliphatic carbocycles. The Labute approximate surface area is 101 Å². The van der Waals surface area contributed by atoms with E-state index < -0.39 is 11.6 Å². The molecule has 0 spiro atoms. The second-order valence-corrected chi connectivity index (χ2v) is 5.49. The first-order valence-electron chi connectivity index (χ1n) is 6.17. The lowest BCUT2D eigenvalue weighted by molar-refractivity contribution is 0.428. The Kier molecular flexibility index (Phi) is 3.48. The van der Waals surface area contributed by atoms with Gasteiger partial charge in [0.05, 0.1) is 0 Å². The first-order chi connectivity index (χ1) is 7.99. The highest BCUT2D eigenvalue weighted by Crippen LogP contribution is 2.47. The fourth-order valence-electron chi connectivity index (χ4n) is 2.16. The maximum Gasteiger partial charge on any atom is 0.126 e. The lowest BCUT2D eigenvalue weighted by atomic mass is 9.96. The largest absolute Gasteiger partial charge is 0.314 e. The molecule has 1 nitrogen and oxygen atoms in total. The van der Waals surface area contributed by atoms with Gasteiger partial charge in [-0.3, -0.25) is 0 Å². The van der Waals surface area contributed by atoms with Gasteiger partial charge < -0.3 is 5.32 Å². The number of benzene rings is 1. The zero-order chi connectivity index (χ0) is 12.5. The van der Waals surface area contributed by atoms with Crippen LogP contribution in [0.5, 0.6) is 0 Å². The summed E-state index contributed by atoms with van der Waals surface area (Å²) in [5.74, 6) is -0.958. The quantitative estimate of drug-likeness (QED) is 0.831. The van der Waals surface area contributed by atoms with Crippen LogP contribution in [0.2, 0.25) is 0 Å². The van der Waals surface area contributed by atoms with Crippen LogP contribution in [0.3, 0.4) is 0 Å². The minimum Gasteiger partial charge on any atom is -0.314 e. The van der Waals surface area contributed by atoms with E-state index in [0.29, 0.717) is 6.04 Å². The van der Waals surface area contributed by atoms with Crippen molar-refractivity contribution in [2.24, 2.45) is 5.41 Å². The molecule has 1 aromatic rings. The van der Waals surface area contributed by atoms with Crippen molar-refractivity contribution in [2.75, 3.05) is 6.54 Å². The molecule has 1 aliphatic rings. The summed E-state index contributed by atoms with van der Waals surface area (Å²) in [5, 5.41) is 3.41. The molecule has 0 amide bonds. The van der Waals surface area contributed by atoms with Crippen molar-refractivity contribution in [3.8, 4) is 0 Å². The third-order valence-electron chi connectivity index (χ3n) is 3.34. The Morgan fingerprint density at radius 3 is 2.24 bits per heavy atom. The number of hydrogen-bond donors (Lipinski definition) is 1. The predicted octanol–water partition coefficient (Wildman–Crippen LogP) is 3.29. The molecule has 1 N–H and O–H groups in total. The molecule has 2 rings (SSSR count). The highest BCUT2D eigenvalue weighted by Gasteiger charge is 2.42. The van der Waals surface area contributed by atoms with Crippen LogP contribution in [0.4, 0.5) is 8.78 Å². The van der Waals surface area contributed by atoms with E-state index in [0.717, 1.165) is 37.4 Å². The minimum atomic E-state index is -0.479. The van der Waals surface area contributed by atoms with Crippen LogP contribution in [0.15, 0.2) is 18.2 Å². The van der Waals surface area contributed by atoms with E-state index >= 15 is 0 Å². The van der Waals surface area contributed by atoms with Gasteiger partial charge in [0.25, 0.3) is 0 Å². The molecule has 1 fully saturated rings. The summed E-state index contributed by atoms with van der Waals surface area (Å²) >= 11 is 0. The lowest BCUT2D eigenvalue weighted by Gasteiger charge is -2.18. The van der Waals surface area contributed by atoms with Crippen LogP contribution in [-0.2, 0) is 6.42 Å². The zero-order valence-corrected chi connectivity index (χ0v) is 10.4. The molecule has 94 valence electrons. The van der Waals surface area contributed by atoms with E-state index in [4.69, 9.17) is 0 Å². The fourth-order valence-corrected chi connectivity index (χ4v) is 2.16. The zero-order valence-electron chi connectivity index (χ0n) is 10.4.